The number of nitrogens with two attached hydrogens (primary N) is 1. The van der Waals surface area contributed by atoms with Crippen molar-refractivity contribution in [3.05, 3.63) is 40.3 Å². The van der Waals surface area contributed by atoms with Gasteiger partial charge in [-0.25, -0.2) is 12.8 Å². The lowest BCUT2D eigenvalue weighted by Gasteiger charge is -2.28. The van der Waals surface area contributed by atoms with Crippen LogP contribution in [0, 0.1) is 17.7 Å². The molecule has 1 saturated heterocycles. The van der Waals surface area contributed by atoms with E-state index >= 15 is 0 Å². The predicted octanol–water partition coefficient (Wildman–Crippen LogP) is 1.92. The highest BCUT2D eigenvalue weighted by Crippen LogP contribution is 2.54. The Bertz CT molecular complexity index is 1440. The number of hydrogen-bond acceptors (Lipinski definition) is 8. The number of carbonyl (C=O) groups is 2. The van der Waals surface area contributed by atoms with Gasteiger partial charge in [0.15, 0.2) is 9.84 Å². The maximum atomic E-state index is 13.5. The van der Waals surface area contributed by atoms with Crippen molar-refractivity contribution < 1.29 is 27.5 Å². The van der Waals surface area contributed by atoms with Gasteiger partial charge >= 0.3 is 0 Å². The van der Waals surface area contributed by atoms with Gasteiger partial charge in [-0.2, -0.15) is 5.10 Å². The largest absolute Gasteiger partial charge is 0.389 e. The molecule has 4 atom stereocenters. The van der Waals surface area contributed by atoms with Gasteiger partial charge in [0.25, 0.3) is 5.91 Å². The summed E-state index contributed by atoms with van der Waals surface area (Å²) in [6.45, 7) is 1.93. The predicted molar refractivity (Wildman–Crippen MR) is 153 cm³/mol. The highest BCUT2D eigenvalue weighted by Gasteiger charge is 2.51. The van der Waals surface area contributed by atoms with E-state index < -0.39 is 27.2 Å². The summed E-state index contributed by atoms with van der Waals surface area (Å²) in [5.41, 5.74) is 6.06. The highest BCUT2D eigenvalue weighted by molar-refractivity contribution is 7.91. The molecule has 2 amide bonds. The van der Waals surface area contributed by atoms with Gasteiger partial charge in [0.1, 0.15) is 17.2 Å². The molecular formula is C27H36ClFN6O5S. The van der Waals surface area contributed by atoms with Crippen LogP contribution in [-0.4, -0.2) is 83.3 Å². The number of aliphatic hydroxyl groups is 1. The third-order valence-electron chi connectivity index (χ3n) is 8.59. The molecule has 1 aliphatic heterocycles. The summed E-state index contributed by atoms with van der Waals surface area (Å²) >= 11 is 5.85. The van der Waals surface area contributed by atoms with E-state index in [2.05, 4.69) is 15.7 Å². The highest BCUT2D eigenvalue weighted by atomic mass is 35.5. The Morgan fingerprint density at radius 2 is 2.02 bits per heavy atom. The normalized spacial score (nSPS) is 26.4. The number of rotatable bonds is 9. The van der Waals surface area contributed by atoms with E-state index in [1.807, 2.05) is 0 Å². The number of nitrogens with one attached hydrogen (secondary N) is 2. The lowest BCUT2D eigenvalue weighted by Crippen LogP contribution is -2.48. The van der Waals surface area contributed by atoms with E-state index in [-0.39, 0.29) is 58.1 Å². The van der Waals surface area contributed by atoms with Crippen LogP contribution >= 0.6 is 11.6 Å². The van der Waals surface area contributed by atoms with Crippen LogP contribution in [0.5, 0.6) is 0 Å². The fraction of sp³-hybridized carbons (Fsp3) is 0.593. The minimum atomic E-state index is -3.52. The molecule has 41 heavy (non-hydrogen) atoms. The number of fused-ring (bicyclic) bond motifs is 1. The van der Waals surface area contributed by atoms with Gasteiger partial charge in [0.05, 0.1) is 34.4 Å². The molecule has 0 radical (unpaired) electrons. The van der Waals surface area contributed by atoms with Crippen LogP contribution in [0.3, 0.4) is 0 Å². The lowest BCUT2D eigenvalue weighted by atomic mass is 9.92. The summed E-state index contributed by atoms with van der Waals surface area (Å²) in [5, 5.41) is 21.4. The minimum Gasteiger partial charge on any atom is -0.389 e. The van der Waals surface area contributed by atoms with Crippen LogP contribution < -0.4 is 16.4 Å². The summed E-state index contributed by atoms with van der Waals surface area (Å²) in [6.07, 6.45) is 2.37. The Balaban J connectivity index is 1.20. The summed E-state index contributed by atoms with van der Waals surface area (Å²) in [4.78, 5) is 26.8. The minimum absolute atomic E-state index is 0.0272. The third-order valence-corrected chi connectivity index (χ3v) is 10.8. The van der Waals surface area contributed by atoms with E-state index in [0.717, 1.165) is 0 Å². The van der Waals surface area contributed by atoms with Gasteiger partial charge in [-0.05, 0) is 62.1 Å². The van der Waals surface area contributed by atoms with Crippen molar-refractivity contribution in [2.75, 3.05) is 48.7 Å². The molecular weight excluding hydrogens is 575 g/mol. The Labute approximate surface area is 243 Å². The maximum absolute atomic E-state index is 13.5. The molecule has 0 spiro atoms. The van der Waals surface area contributed by atoms with Crippen LogP contribution in [-0.2, 0) is 21.7 Å². The summed E-state index contributed by atoms with van der Waals surface area (Å²) in [6, 6.07) is 3.89. The van der Waals surface area contributed by atoms with Crippen molar-refractivity contribution in [1.29, 1.82) is 0 Å². The smallest absolute Gasteiger partial charge is 0.261 e. The molecule has 14 heteroatoms. The Morgan fingerprint density at radius 3 is 2.68 bits per heavy atom. The van der Waals surface area contributed by atoms with Crippen LogP contribution in [0.1, 0.15) is 54.1 Å². The number of halogens is 2. The van der Waals surface area contributed by atoms with Crippen LogP contribution in [0.2, 0.25) is 5.02 Å². The summed E-state index contributed by atoms with van der Waals surface area (Å²) in [5.74, 6) is -1.16. The van der Waals surface area contributed by atoms with E-state index in [9.17, 15) is 27.5 Å². The Morgan fingerprint density at radius 1 is 1.32 bits per heavy atom. The lowest BCUT2D eigenvalue weighted by molar-refractivity contribution is -0.131. The second kappa shape index (κ2) is 11.5. The van der Waals surface area contributed by atoms with E-state index in [1.165, 1.54) is 22.9 Å². The summed E-state index contributed by atoms with van der Waals surface area (Å²) in [7, 11) is -1.86. The zero-order valence-electron chi connectivity index (χ0n) is 22.9. The number of hydrogen-bond donors (Lipinski definition) is 4. The molecule has 5 rings (SSSR count). The second-order valence-electron chi connectivity index (χ2n) is 11.7. The Hall–Kier alpha value is -2.74. The molecule has 3 aliphatic rings. The number of carbonyl (C=O) groups excluding carboxylic acids is 2. The van der Waals surface area contributed by atoms with Crippen molar-refractivity contribution in [3.8, 4) is 0 Å². The first-order valence-electron chi connectivity index (χ1n) is 13.8. The first-order chi connectivity index (χ1) is 19.3. The first kappa shape index (κ1) is 29.7. The molecule has 2 saturated carbocycles. The molecule has 5 N–H and O–H groups in total. The van der Waals surface area contributed by atoms with Crippen LogP contribution in [0.4, 0.5) is 15.9 Å². The van der Waals surface area contributed by atoms with Crippen LogP contribution in [0.15, 0.2) is 18.2 Å². The average molecular weight is 611 g/mol. The molecule has 2 heterocycles. The van der Waals surface area contributed by atoms with Gasteiger partial charge in [0.2, 0.25) is 5.91 Å². The SMILES string of the molecule is Cn1nc(C2CC3CC(O)(CS(=O)(=O)CCCN4CCNCC4=O)C[C@@H]3C2)c(C(=O)Nc2ccc(F)c(Cl)c2)c1N. The molecule has 1 aromatic heterocycles. The molecule has 1 aromatic carbocycles. The van der Waals surface area contributed by atoms with Crippen molar-refractivity contribution in [2.24, 2.45) is 18.9 Å². The van der Waals surface area contributed by atoms with E-state index in [1.54, 1.807) is 11.9 Å². The molecule has 3 unspecified atom stereocenters. The number of benzene rings is 1. The van der Waals surface area contributed by atoms with Crippen molar-refractivity contribution >= 4 is 44.8 Å². The molecule has 3 fully saturated rings. The van der Waals surface area contributed by atoms with Gasteiger partial charge in [0, 0.05) is 38.3 Å². The fourth-order valence-electron chi connectivity index (χ4n) is 6.80. The van der Waals surface area contributed by atoms with Crippen molar-refractivity contribution in [2.45, 2.75) is 43.6 Å². The van der Waals surface area contributed by atoms with Gasteiger partial charge in [-0.3, -0.25) is 14.3 Å². The third kappa shape index (κ3) is 6.52. The number of aryl methyl sites for hydroxylation is 1. The van der Waals surface area contributed by atoms with E-state index in [4.69, 9.17) is 17.3 Å². The van der Waals surface area contributed by atoms with Crippen molar-refractivity contribution in [1.82, 2.24) is 20.0 Å². The average Bonchev–Trinajstić information content (AvgIpc) is 3.50. The molecule has 11 nitrogen and oxygen atoms in total. The summed E-state index contributed by atoms with van der Waals surface area (Å²) < 4.78 is 40.8. The molecule has 2 aromatic rings. The van der Waals surface area contributed by atoms with Gasteiger partial charge in [-0.15, -0.1) is 0 Å². The Kier molecular flexibility index (Phi) is 8.34. The number of aromatic nitrogens is 2. The van der Waals surface area contributed by atoms with Gasteiger partial charge in [-0.1, -0.05) is 11.6 Å². The molecule has 0 bridgehead atoms. The topological polar surface area (TPSA) is 160 Å². The number of amides is 2. The quantitative estimate of drug-likeness (QED) is 0.335. The van der Waals surface area contributed by atoms with E-state index in [0.29, 0.717) is 63.1 Å². The standard InChI is InChI=1S/C27H36ClFN6O5S/c1-34-25(30)23(26(37)32-19-3-4-21(29)20(28)11-19)24(33-34)16-9-17-12-27(38,13-18(17)10-16)15-41(39,40)8-2-6-35-7-5-31-14-22(35)36/h3-4,11,16-18,31,38H,2,5-10,12-15,30H2,1H3,(H,32,37)/t16?,17-,18?,27?/m0/s1. The maximum Gasteiger partial charge on any atom is 0.261 e. The first-order valence-corrected chi connectivity index (χ1v) is 16.0. The molecule has 224 valence electrons. The number of sulfone groups is 1. The van der Waals surface area contributed by atoms with Gasteiger partial charge < -0.3 is 26.4 Å². The number of anilines is 2. The zero-order valence-corrected chi connectivity index (χ0v) is 24.5. The fourth-order valence-corrected chi connectivity index (χ4v) is 8.74. The number of nitrogen functional groups attached to an aromatic ring is 1. The number of piperazine rings is 1. The second-order valence-corrected chi connectivity index (χ2v) is 14.3. The zero-order chi connectivity index (χ0) is 29.5. The molecule has 2 aliphatic carbocycles. The van der Waals surface area contributed by atoms with Crippen molar-refractivity contribution in [3.63, 3.8) is 0 Å². The number of nitrogens with zero attached hydrogens (tertiary/aromatic N) is 3. The monoisotopic (exact) mass is 610 g/mol. The van der Waals surface area contributed by atoms with Crippen LogP contribution in [0.25, 0.3) is 0 Å².